The molecule has 3 aromatic rings. The zero-order chi connectivity index (χ0) is 28.3. The first-order chi connectivity index (χ1) is 18.6. The van der Waals surface area contributed by atoms with E-state index in [4.69, 9.17) is 21.7 Å². The van der Waals surface area contributed by atoms with E-state index in [1.807, 2.05) is 19.1 Å². The maximum atomic E-state index is 13.1. The van der Waals surface area contributed by atoms with Gasteiger partial charge in [-0.25, -0.2) is 0 Å². The van der Waals surface area contributed by atoms with Gasteiger partial charge < -0.3 is 9.47 Å². The number of rotatable bonds is 8. The number of thioether (sulfide) groups is 1. The van der Waals surface area contributed by atoms with Crippen molar-refractivity contribution in [3.63, 3.8) is 0 Å². The van der Waals surface area contributed by atoms with E-state index < -0.39 is 11.8 Å². The average Bonchev–Trinajstić information content (AvgIpc) is 3.14. The van der Waals surface area contributed by atoms with E-state index >= 15 is 0 Å². The average molecular weight is 690 g/mol. The summed E-state index contributed by atoms with van der Waals surface area (Å²) in [6.45, 7) is 8.99. The number of carbonyl (C=O) groups excluding carboxylic acids is 2. The van der Waals surface area contributed by atoms with E-state index in [-0.39, 0.29) is 4.32 Å². The van der Waals surface area contributed by atoms with E-state index in [9.17, 15) is 9.59 Å². The quantitative estimate of drug-likeness (QED) is 0.194. The number of aryl methyl sites for hydroxylation is 3. The lowest BCUT2D eigenvalue weighted by Gasteiger charge is -2.17. The van der Waals surface area contributed by atoms with E-state index in [1.54, 1.807) is 30.3 Å². The fourth-order valence-electron chi connectivity index (χ4n) is 3.88. The van der Waals surface area contributed by atoms with Gasteiger partial charge >= 0.3 is 0 Å². The Bertz CT molecular complexity index is 1490. The number of nitrogens with one attached hydrogen (secondary N) is 1. The summed E-state index contributed by atoms with van der Waals surface area (Å²) in [6, 6.07) is 14.8. The molecule has 6 nitrogen and oxygen atoms in total. The molecule has 0 radical (unpaired) electrons. The summed E-state index contributed by atoms with van der Waals surface area (Å²) in [5, 5.41) is 1.10. The molecule has 3 aromatic carbocycles. The number of nitrogens with zero attached hydrogens (tertiary/aromatic N) is 1. The van der Waals surface area contributed by atoms with Gasteiger partial charge in [0.25, 0.3) is 11.8 Å². The Balaban J connectivity index is 1.54. The Hall–Kier alpha value is -2.66. The molecule has 0 bridgehead atoms. The molecule has 1 N–H and O–H groups in total. The molecule has 1 heterocycles. The van der Waals surface area contributed by atoms with Crippen LogP contribution in [0.5, 0.6) is 11.5 Å². The van der Waals surface area contributed by atoms with Crippen LogP contribution in [0.4, 0.5) is 0 Å². The Morgan fingerprint density at radius 1 is 1.03 bits per heavy atom. The smallest absolute Gasteiger partial charge is 0.285 e. The molecule has 10 heteroatoms. The lowest BCUT2D eigenvalue weighted by molar-refractivity contribution is -0.123. The van der Waals surface area contributed by atoms with Gasteiger partial charge in [0.2, 0.25) is 0 Å². The third-order valence-electron chi connectivity index (χ3n) is 6.07. The minimum Gasteiger partial charge on any atom is -0.490 e. The highest BCUT2D eigenvalue weighted by atomic mass is 79.9. The highest BCUT2D eigenvalue weighted by Gasteiger charge is 2.34. The number of hydrazine groups is 1. The maximum Gasteiger partial charge on any atom is 0.285 e. The zero-order valence-electron chi connectivity index (χ0n) is 21.8. The number of halogens is 2. The van der Waals surface area contributed by atoms with Gasteiger partial charge in [0.05, 0.1) is 16.0 Å². The summed E-state index contributed by atoms with van der Waals surface area (Å²) < 4.78 is 13.9. The van der Waals surface area contributed by atoms with Crippen molar-refractivity contribution < 1.29 is 19.1 Å². The predicted octanol–water partition coefficient (Wildman–Crippen LogP) is 7.66. The fraction of sp³-hybridized carbons (Fsp3) is 0.207. The van der Waals surface area contributed by atoms with Crippen LogP contribution in [0.3, 0.4) is 0 Å². The number of carbonyl (C=O) groups is 2. The normalized spacial score (nSPS) is 14.2. The summed E-state index contributed by atoms with van der Waals surface area (Å²) in [4.78, 5) is 26.1. The minimum atomic E-state index is -0.429. The van der Waals surface area contributed by atoms with Crippen molar-refractivity contribution in [3.05, 3.63) is 95.8 Å². The van der Waals surface area contributed by atoms with Crippen LogP contribution in [0.25, 0.3) is 6.08 Å². The van der Waals surface area contributed by atoms with Gasteiger partial charge in [0, 0.05) is 10.0 Å². The summed E-state index contributed by atoms with van der Waals surface area (Å²) in [5.74, 6) is 0.302. The molecule has 0 spiro atoms. The molecule has 1 fully saturated rings. The monoisotopic (exact) mass is 688 g/mol. The SMILES string of the molecule is CCOc1cc(/C=C2/SC(=S)N(NC(=O)c3ccc(Br)cc3)C2=O)cc(Br)c1OCc1cc(C)c(C)cc1C. The van der Waals surface area contributed by atoms with Gasteiger partial charge in [0.1, 0.15) is 6.61 Å². The standard InChI is InChI=1S/C29H26Br2N2O4S2/c1-5-36-24-13-19(12-23(31)26(24)37-15-21-11-17(3)16(2)10-18(21)4)14-25-28(35)33(29(38)39-25)32-27(34)20-6-8-22(30)9-7-20/h6-14H,5,15H2,1-4H3,(H,32,34)/b25-14+. The van der Waals surface area contributed by atoms with Crippen LogP contribution in [0.15, 0.2) is 62.4 Å². The molecule has 0 saturated carbocycles. The molecular weight excluding hydrogens is 664 g/mol. The van der Waals surface area contributed by atoms with Crippen LogP contribution in [0.2, 0.25) is 0 Å². The lowest BCUT2D eigenvalue weighted by Crippen LogP contribution is -2.44. The van der Waals surface area contributed by atoms with Crippen molar-refractivity contribution in [1.29, 1.82) is 0 Å². The van der Waals surface area contributed by atoms with Crippen LogP contribution < -0.4 is 14.9 Å². The Morgan fingerprint density at radius 2 is 1.72 bits per heavy atom. The van der Waals surface area contributed by atoms with Crippen molar-refractivity contribution in [2.75, 3.05) is 6.61 Å². The molecule has 0 aliphatic carbocycles. The largest absolute Gasteiger partial charge is 0.490 e. The topological polar surface area (TPSA) is 67.9 Å². The number of ether oxygens (including phenoxy) is 2. The van der Waals surface area contributed by atoms with Gasteiger partial charge in [0.15, 0.2) is 15.8 Å². The van der Waals surface area contributed by atoms with Crippen LogP contribution in [-0.2, 0) is 11.4 Å². The molecule has 1 saturated heterocycles. The Labute approximate surface area is 254 Å². The molecule has 0 unspecified atom stereocenters. The molecule has 2 amide bonds. The summed E-state index contributed by atoms with van der Waals surface area (Å²) >= 11 is 13.4. The molecule has 0 aromatic heterocycles. The number of hydrogen-bond acceptors (Lipinski definition) is 6. The van der Waals surface area contributed by atoms with E-state index in [2.05, 4.69) is 70.2 Å². The van der Waals surface area contributed by atoms with E-state index in [1.165, 1.54) is 11.1 Å². The second-order valence-corrected chi connectivity index (χ2v) is 12.3. The molecule has 1 aliphatic rings. The molecule has 202 valence electrons. The first kappa shape index (κ1) is 29.3. The molecule has 0 atom stereocenters. The van der Waals surface area contributed by atoms with Gasteiger partial charge in [-0.2, -0.15) is 5.01 Å². The third-order valence-corrected chi connectivity index (χ3v) is 8.49. The van der Waals surface area contributed by atoms with E-state index in [0.29, 0.717) is 39.7 Å². The highest BCUT2D eigenvalue weighted by Crippen LogP contribution is 2.40. The summed E-state index contributed by atoms with van der Waals surface area (Å²) in [5.41, 5.74) is 8.46. The van der Waals surface area contributed by atoms with Gasteiger partial charge in [-0.1, -0.05) is 39.8 Å². The van der Waals surface area contributed by atoms with Crippen molar-refractivity contribution in [3.8, 4) is 11.5 Å². The second kappa shape index (κ2) is 12.7. The van der Waals surface area contributed by atoms with Crippen molar-refractivity contribution in [2.24, 2.45) is 0 Å². The van der Waals surface area contributed by atoms with Crippen LogP contribution in [0, 0.1) is 20.8 Å². The first-order valence-corrected chi connectivity index (χ1v) is 14.9. The van der Waals surface area contributed by atoms with E-state index in [0.717, 1.165) is 37.9 Å². The van der Waals surface area contributed by atoms with Gasteiger partial charge in [-0.15, -0.1) is 0 Å². The zero-order valence-corrected chi connectivity index (χ0v) is 26.6. The molecule has 39 heavy (non-hydrogen) atoms. The second-order valence-electron chi connectivity index (χ2n) is 8.88. The van der Waals surface area contributed by atoms with Gasteiger partial charge in [-0.3, -0.25) is 15.0 Å². The highest BCUT2D eigenvalue weighted by molar-refractivity contribution is 9.10. The molecule has 1 aliphatic heterocycles. The third kappa shape index (κ3) is 6.92. The summed E-state index contributed by atoms with van der Waals surface area (Å²) in [7, 11) is 0. The Morgan fingerprint density at radius 3 is 2.41 bits per heavy atom. The Kier molecular flexibility index (Phi) is 9.53. The number of amides is 2. The fourth-order valence-corrected chi connectivity index (χ4v) is 5.90. The van der Waals surface area contributed by atoms with Crippen molar-refractivity contribution in [1.82, 2.24) is 10.4 Å². The maximum absolute atomic E-state index is 13.1. The first-order valence-electron chi connectivity index (χ1n) is 12.1. The number of thiocarbonyl (C=S) groups is 1. The van der Waals surface area contributed by atoms with Crippen LogP contribution in [-0.4, -0.2) is 27.8 Å². The predicted molar refractivity (Wildman–Crippen MR) is 167 cm³/mol. The molecular formula is C29H26Br2N2O4S2. The summed E-state index contributed by atoms with van der Waals surface area (Å²) in [6.07, 6.45) is 1.72. The van der Waals surface area contributed by atoms with Crippen LogP contribution in [0.1, 0.15) is 45.1 Å². The molecule has 4 rings (SSSR count). The van der Waals surface area contributed by atoms with Gasteiger partial charge in [-0.05, 0) is 126 Å². The number of benzene rings is 3. The van der Waals surface area contributed by atoms with Crippen LogP contribution >= 0.6 is 55.8 Å². The van der Waals surface area contributed by atoms with Crippen molar-refractivity contribution in [2.45, 2.75) is 34.3 Å². The lowest BCUT2D eigenvalue weighted by atomic mass is 10.0. The minimum absolute atomic E-state index is 0.240. The van der Waals surface area contributed by atoms with Crippen molar-refractivity contribution >= 4 is 78.1 Å². The number of hydrogen-bond donors (Lipinski definition) is 1.